The Kier molecular flexibility index (Phi) is 4.68. The average Bonchev–Trinajstić information content (AvgIpc) is 2.85. The highest BCUT2D eigenvalue weighted by Gasteiger charge is 2.37. The maximum Gasteiger partial charge on any atom is 0.289 e. The molecule has 1 saturated heterocycles. The largest absolute Gasteiger partial charge is 0.377 e. The molecule has 2 heterocycles. The summed E-state index contributed by atoms with van der Waals surface area (Å²) in [7, 11) is 0. The van der Waals surface area contributed by atoms with Gasteiger partial charge in [0.2, 0.25) is 0 Å². The first-order valence-electron chi connectivity index (χ1n) is 6.94. The Labute approximate surface area is 129 Å². The van der Waals surface area contributed by atoms with Gasteiger partial charge in [-0.15, -0.1) is 0 Å². The van der Waals surface area contributed by atoms with Crippen LogP contribution in [0.25, 0.3) is 0 Å². The summed E-state index contributed by atoms with van der Waals surface area (Å²) in [6.45, 7) is 7.93. The van der Waals surface area contributed by atoms with Crippen LogP contribution in [0.2, 0.25) is 5.02 Å². The average molecular weight is 314 g/mol. The minimum Gasteiger partial charge on any atom is -0.377 e. The number of nitrogens with zero attached hydrogens (tertiary/aromatic N) is 2. The number of rotatable bonds is 4. The zero-order valence-corrected chi connectivity index (χ0v) is 13.2. The Morgan fingerprint density at radius 3 is 2.86 bits per heavy atom. The molecule has 1 N–H and O–H groups in total. The number of nitro groups is 1. The Balaban J connectivity index is 2.01. The van der Waals surface area contributed by atoms with E-state index < -0.39 is 4.92 Å². The van der Waals surface area contributed by atoms with E-state index in [9.17, 15) is 10.1 Å². The fraction of sp³-hybridized carbons (Fsp3) is 0.643. The van der Waals surface area contributed by atoms with Crippen molar-refractivity contribution in [2.24, 2.45) is 11.3 Å². The number of nitrogens with one attached hydrogen (secondary N) is 1. The number of halogens is 1. The van der Waals surface area contributed by atoms with Crippen LogP contribution >= 0.6 is 11.6 Å². The molecule has 21 heavy (non-hydrogen) atoms. The minimum absolute atomic E-state index is 0.0789. The van der Waals surface area contributed by atoms with Crippen LogP contribution in [0.3, 0.4) is 0 Å². The topological polar surface area (TPSA) is 77.3 Å². The number of hydrogen-bond donors (Lipinski definition) is 1. The minimum atomic E-state index is -0.511. The van der Waals surface area contributed by atoms with Gasteiger partial charge in [0.1, 0.15) is 12.0 Å². The van der Waals surface area contributed by atoms with E-state index in [0.29, 0.717) is 18.3 Å². The molecule has 0 spiro atoms. The fourth-order valence-electron chi connectivity index (χ4n) is 2.69. The van der Waals surface area contributed by atoms with Crippen LogP contribution in [-0.2, 0) is 4.74 Å². The summed E-state index contributed by atoms with van der Waals surface area (Å²) in [4.78, 5) is 14.2. The maximum atomic E-state index is 10.7. The lowest BCUT2D eigenvalue weighted by molar-refractivity contribution is -0.385. The molecular formula is C14H20ClN3O3. The van der Waals surface area contributed by atoms with E-state index in [2.05, 4.69) is 31.1 Å². The second-order valence-corrected chi connectivity index (χ2v) is 6.78. The summed E-state index contributed by atoms with van der Waals surface area (Å²) >= 11 is 6.02. The van der Waals surface area contributed by atoms with Gasteiger partial charge in [-0.1, -0.05) is 32.4 Å². The molecule has 1 fully saturated rings. The quantitative estimate of drug-likeness (QED) is 0.680. The Hall–Kier alpha value is -1.40. The van der Waals surface area contributed by atoms with E-state index in [0.717, 1.165) is 13.0 Å². The third-order valence-electron chi connectivity index (χ3n) is 3.64. The molecule has 0 radical (unpaired) electrons. The van der Waals surface area contributed by atoms with Crippen molar-refractivity contribution in [3.63, 3.8) is 0 Å². The van der Waals surface area contributed by atoms with Crippen molar-refractivity contribution in [1.82, 2.24) is 4.98 Å². The van der Waals surface area contributed by atoms with Crippen LogP contribution in [0.5, 0.6) is 0 Å². The van der Waals surface area contributed by atoms with Crippen LogP contribution in [0.15, 0.2) is 12.3 Å². The van der Waals surface area contributed by atoms with Gasteiger partial charge in [-0.05, 0) is 11.8 Å². The van der Waals surface area contributed by atoms with Gasteiger partial charge in [-0.25, -0.2) is 4.98 Å². The van der Waals surface area contributed by atoms with Crippen molar-refractivity contribution in [1.29, 1.82) is 0 Å². The highest BCUT2D eigenvalue weighted by Crippen LogP contribution is 2.35. The second-order valence-electron chi connectivity index (χ2n) is 6.37. The van der Waals surface area contributed by atoms with Crippen molar-refractivity contribution in [3.05, 3.63) is 27.4 Å². The standard InChI is InChI=1S/C14H20ClN3O3/c1-14(2,3)12-9(4-5-21-12)7-16-13-11(15)6-10(8-17-13)18(19)20/h6,8-9,12H,4-5,7H2,1-3H3,(H,16,17). The summed E-state index contributed by atoms with van der Waals surface area (Å²) in [6, 6.07) is 1.31. The molecule has 116 valence electrons. The molecular weight excluding hydrogens is 294 g/mol. The SMILES string of the molecule is CC(C)(C)C1OCCC1CNc1ncc([N+](=O)[O-])cc1Cl. The molecule has 0 amide bonds. The van der Waals surface area contributed by atoms with Gasteiger partial charge in [0, 0.05) is 25.1 Å². The molecule has 0 aliphatic carbocycles. The molecule has 1 aromatic rings. The Morgan fingerprint density at radius 2 is 2.29 bits per heavy atom. The van der Waals surface area contributed by atoms with E-state index in [4.69, 9.17) is 16.3 Å². The molecule has 1 aromatic heterocycles. The van der Waals surface area contributed by atoms with Gasteiger partial charge in [0.25, 0.3) is 5.69 Å². The first-order chi connectivity index (χ1) is 9.79. The summed E-state index contributed by atoms with van der Waals surface area (Å²) in [5, 5.41) is 14.1. The lowest BCUT2D eigenvalue weighted by Gasteiger charge is -2.31. The number of ether oxygens (including phenoxy) is 1. The van der Waals surface area contributed by atoms with Crippen molar-refractivity contribution in [2.75, 3.05) is 18.5 Å². The third-order valence-corrected chi connectivity index (χ3v) is 3.93. The van der Waals surface area contributed by atoms with Crippen molar-refractivity contribution >= 4 is 23.1 Å². The van der Waals surface area contributed by atoms with Crippen LogP contribution in [0.1, 0.15) is 27.2 Å². The molecule has 0 saturated carbocycles. The van der Waals surface area contributed by atoms with Crippen molar-refractivity contribution in [2.45, 2.75) is 33.3 Å². The van der Waals surface area contributed by atoms with E-state index in [1.54, 1.807) is 0 Å². The van der Waals surface area contributed by atoms with E-state index in [-0.39, 0.29) is 22.2 Å². The number of aromatic nitrogens is 1. The van der Waals surface area contributed by atoms with Crippen molar-refractivity contribution in [3.8, 4) is 0 Å². The number of hydrogen-bond acceptors (Lipinski definition) is 5. The van der Waals surface area contributed by atoms with Gasteiger partial charge < -0.3 is 10.1 Å². The van der Waals surface area contributed by atoms with Gasteiger partial charge in [-0.3, -0.25) is 10.1 Å². The Morgan fingerprint density at radius 1 is 1.57 bits per heavy atom. The zero-order valence-electron chi connectivity index (χ0n) is 12.4. The van der Waals surface area contributed by atoms with Crippen molar-refractivity contribution < 1.29 is 9.66 Å². The molecule has 7 heteroatoms. The first-order valence-corrected chi connectivity index (χ1v) is 7.32. The molecule has 2 unspecified atom stereocenters. The maximum absolute atomic E-state index is 10.7. The summed E-state index contributed by atoms with van der Waals surface area (Å²) < 4.78 is 5.82. The predicted octanol–water partition coefficient (Wildman–Crippen LogP) is 3.51. The van der Waals surface area contributed by atoms with Crippen LogP contribution in [0.4, 0.5) is 11.5 Å². The van der Waals surface area contributed by atoms with E-state index in [1.165, 1.54) is 12.3 Å². The highest BCUT2D eigenvalue weighted by atomic mass is 35.5. The van der Waals surface area contributed by atoms with Crippen LogP contribution < -0.4 is 5.32 Å². The van der Waals surface area contributed by atoms with Gasteiger partial charge in [0.05, 0.1) is 16.0 Å². The smallest absolute Gasteiger partial charge is 0.289 e. The molecule has 1 aliphatic rings. The lowest BCUT2D eigenvalue weighted by atomic mass is 9.81. The fourth-order valence-corrected chi connectivity index (χ4v) is 2.91. The summed E-state index contributed by atoms with van der Waals surface area (Å²) in [5.74, 6) is 0.847. The first kappa shape index (κ1) is 16.0. The lowest BCUT2D eigenvalue weighted by Crippen LogP contribution is -2.34. The number of pyridine rings is 1. The predicted molar refractivity (Wildman–Crippen MR) is 81.7 cm³/mol. The van der Waals surface area contributed by atoms with Gasteiger partial charge in [-0.2, -0.15) is 0 Å². The highest BCUT2D eigenvalue weighted by molar-refractivity contribution is 6.33. The molecule has 0 bridgehead atoms. The third kappa shape index (κ3) is 3.83. The van der Waals surface area contributed by atoms with Crippen LogP contribution in [-0.4, -0.2) is 29.2 Å². The van der Waals surface area contributed by atoms with Gasteiger partial charge in [0.15, 0.2) is 0 Å². The van der Waals surface area contributed by atoms with Crippen LogP contribution in [0, 0.1) is 21.4 Å². The summed E-state index contributed by atoms with van der Waals surface area (Å²) in [5.41, 5.74) is -0.0301. The summed E-state index contributed by atoms with van der Waals surface area (Å²) in [6.07, 6.45) is 2.38. The van der Waals surface area contributed by atoms with E-state index in [1.807, 2.05) is 0 Å². The monoisotopic (exact) mass is 313 g/mol. The van der Waals surface area contributed by atoms with E-state index >= 15 is 0 Å². The Bertz CT molecular complexity index is 531. The number of anilines is 1. The normalized spacial score (nSPS) is 22.3. The van der Waals surface area contributed by atoms with Gasteiger partial charge >= 0.3 is 0 Å². The molecule has 6 nitrogen and oxygen atoms in total. The molecule has 1 aliphatic heterocycles. The zero-order chi connectivity index (χ0) is 15.6. The second kappa shape index (κ2) is 6.15. The molecule has 0 aromatic carbocycles. The molecule has 2 rings (SSSR count). The molecule has 2 atom stereocenters.